The first-order chi connectivity index (χ1) is 12.5. The fourth-order valence-electron chi connectivity index (χ4n) is 2.73. The van der Waals surface area contributed by atoms with Crippen LogP contribution < -0.4 is 16.0 Å². The summed E-state index contributed by atoms with van der Waals surface area (Å²) in [5, 5.41) is 9.29. The van der Waals surface area contributed by atoms with Crippen molar-refractivity contribution in [3.8, 4) is 0 Å². The topological polar surface area (TPSA) is 91.1 Å². The highest BCUT2D eigenvalue weighted by atomic mass is 127. The van der Waals surface area contributed by atoms with Crippen LogP contribution in [0.15, 0.2) is 27.8 Å². The first-order valence-electron chi connectivity index (χ1n) is 9.19. The van der Waals surface area contributed by atoms with E-state index in [2.05, 4.69) is 34.7 Å². The van der Waals surface area contributed by atoms with Crippen molar-refractivity contribution in [1.82, 2.24) is 20.9 Å². The molecule has 2 rings (SSSR count). The maximum absolute atomic E-state index is 11.8. The van der Waals surface area contributed by atoms with Crippen LogP contribution in [0.4, 0.5) is 0 Å². The zero-order chi connectivity index (χ0) is 18.8. The lowest BCUT2D eigenvalue weighted by Crippen LogP contribution is -2.52. The molecule has 27 heavy (non-hydrogen) atoms. The Balaban J connectivity index is 0.00000364. The number of hydrogen-bond acceptors (Lipinski definition) is 5. The molecule has 9 heteroatoms. The summed E-state index contributed by atoms with van der Waals surface area (Å²) in [6, 6.07) is 3.33. The van der Waals surface area contributed by atoms with Gasteiger partial charge in [0.2, 0.25) is 0 Å². The third kappa shape index (κ3) is 8.06. The minimum Gasteiger partial charge on any atom is -0.459 e. The van der Waals surface area contributed by atoms with E-state index in [1.165, 1.54) is 6.26 Å². The van der Waals surface area contributed by atoms with Crippen molar-refractivity contribution < 1.29 is 13.9 Å². The number of halogens is 1. The van der Waals surface area contributed by atoms with Gasteiger partial charge in [0.05, 0.1) is 26.0 Å². The summed E-state index contributed by atoms with van der Waals surface area (Å²) in [5.41, 5.74) is -0.0281. The number of ether oxygens (including phenoxy) is 1. The molecular formula is C18H32IN5O3. The number of nitrogens with zero attached hydrogens (tertiary/aromatic N) is 2. The maximum atomic E-state index is 11.8. The van der Waals surface area contributed by atoms with Crippen molar-refractivity contribution in [2.75, 3.05) is 52.5 Å². The van der Waals surface area contributed by atoms with Gasteiger partial charge in [-0.15, -0.1) is 24.0 Å². The molecule has 0 atom stereocenters. The quantitative estimate of drug-likeness (QED) is 0.219. The van der Waals surface area contributed by atoms with Crippen molar-refractivity contribution in [3.63, 3.8) is 0 Å². The van der Waals surface area contributed by atoms with Crippen LogP contribution in [0, 0.1) is 0 Å². The zero-order valence-electron chi connectivity index (χ0n) is 16.4. The molecule has 0 aromatic carbocycles. The highest BCUT2D eigenvalue weighted by molar-refractivity contribution is 14.0. The number of morpholine rings is 1. The minimum atomic E-state index is -0.216. The maximum Gasteiger partial charge on any atom is 0.287 e. The Morgan fingerprint density at radius 3 is 2.56 bits per heavy atom. The van der Waals surface area contributed by atoms with Crippen molar-refractivity contribution in [2.24, 2.45) is 4.99 Å². The molecule has 0 radical (unpaired) electrons. The molecule has 0 spiro atoms. The van der Waals surface area contributed by atoms with Gasteiger partial charge >= 0.3 is 0 Å². The van der Waals surface area contributed by atoms with Crippen molar-refractivity contribution in [3.05, 3.63) is 24.2 Å². The Bertz CT molecular complexity index is 572. The second-order valence-electron chi connectivity index (χ2n) is 6.77. The number of carbonyl (C=O) groups excluding carboxylic acids is 1. The average Bonchev–Trinajstić information content (AvgIpc) is 3.18. The van der Waals surface area contributed by atoms with Gasteiger partial charge in [0.1, 0.15) is 0 Å². The normalized spacial score (nSPS) is 15.7. The van der Waals surface area contributed by atoms with Crippen LogP contribution in [-0.4, -0.2) is 74.8 Å². The van der Waals surface area contributed by atoms with Gasteiger partial charge in [-0.2, -0.15) is 0 Å². The minimum absolute atomic E-state index is 0. The van der Waals surface area contributed by atoms with E-state index in [0.717, 1.165) is 38.8 Å². The largest absolute Gasteiger partial charge is 0.459 e. The Morgan fingerprint density at radius 2 is 1.93 bits per heavy atom. The van der Waals surface area contributed by atoms with Crippen LogP contribution in [0.1, 0.15) is 31.3 Å². The molecule has 1 aromatic rings. The molecule has 2 heterocycles. The molecule has 1 aliphatic heterocycles. The molecule has 0 bridgehead atoms. The number of carbonyl (C=O) groups is 1. The van der Waals surface area contributed by atoms with Gasteiger partial charge in [0.15, 0.2) is 11.7 Å². The van der Waals surface area contributed by atoms with E-state index in [1.807, 2.05) is 6.92 Å². The predicted octanol–water partition coefficient (Wildman–Crippen LogP) is 1.29. The van der Waals surface area contributed by atoms with E-state index in [-0.39, 0.29) is 35.4 Å². The molecule has 8 nitrogen and oxygen atoms in total. The van der Waals surface area contributed by atoms with Gasteiger partial charge < -0.3 is 25.1 Å². The van der Waals surface area contributed by atoms with E-state index in [9.17, 15) is 4.79 Å². The van der Waals surface area contributed by atoms with Crippen LogP contribution in [-0.2, 0) is 4.74 Å². The molecule has 154 valence electrons. The Hall–Kier alpha value is -1.33. The third-order valence-electron chi connectivity index (χ3n) is 4.28. The number of nitrogens with one attached hydrogen (secondary N) is 3. The van der Waals surface area contributed by atoms with E-state index in [0.29, 0.717) is 25.4 Å². The summed E-state index contributed by atoms with van der Waals surface area (Å²) >= 11 is 0. The highest BCUT2D eigenvalue weighted by Crippen LogP contribution is 2.16. The molecule has 1 aromatic heterocycles. The lowest BCUT2D eigenvalue weighted by molar-refractivity contribution is -0.00683. The second-order valence-corrected chi connectivity index (χ2v) is 6.77. The van der Waals surface area contributed by atoms with Gasteiger partial charge in [0, 0.05) is 38.3 Å². The third-order valence-corrected chi connectivity index (χ3v) is 4.28. The van der Waals surface area contributed by atoms with E-state index in [4.69, 9.17) is 14.1 Å². The van der Waals surface area contributed by atoms with Gasteiger partial charge in [-0.05, 0) is 32.9 Å². The summed E-state index contributed by atoms with van der Waals surface area (Å²) in [7, 11) is 0. The van der Waals surface area contributed by atoms with Crippen LogP contribution in [0.3, 0.4) is 0 Å². The fourth-order valence-corrected chi connectivity index (χ4v) is 2.73. The summed E-state index contributed by atoms with van der Waals surface area (Å²) in [6.45, 7) is 12.4. The first-order valence-corrected chi connectivity index (χ1v) is 9.19. The molecule has 1 saturated heterocycles. The average molecular weight is 493 g/mol. The predicted molar refractivity (Wildman–Crippen MR) is 117 cm³/mol. The van der Waals surface area contributed by atoms with Crippen molar-refractivity contribution in [2.45, 2.75) is 26.3 Å². The Kier molecular flexibility index (Phi) is 10.7. The van der Waals surface area contributed by atoms with E-state index in [1.54, 1.807) is 12.1 Å². The molecule has 0 aliphatic carbocycles. The van der Waals surface area contributed by atoms with Crippen LogP contribution in [0.5, 0.6) is 0 Å². The molecule has 0 saturated carbocycles. The van der Waals surface area contributed by atoms with Gasteiger partial charge in [-0.25, -0.2) is 0 Å². The monoisotopic (exact) mass is 493 g/mol. The number of guanidine groups is 1. The molecule has 0 unspecified atom stereocenters. The molecule has 1 amide bonds. The highest BCUT2D eigenvalue weighted by Gasteiger charge is 2.28. The number of amides is 1. The lowest BCUT2D eigenvalue weighted by Gasteiger charge is -2.39. The molecular weight excluding hydrogens is 461 g/mol. The van der Waals surface area contributed by atoms with E-state index < -0.39 is 0 Å². The van der Waals surface area contributed by atoms with Crippen LogP contribution >= 0.6 is 24.0 Å². The van der Waals surface area contributed by atoms with Crippen LogP contribution in [0.25, 0.3) is 0 Å². The van der Waals surface area contributed by atoms with Gasteiger partial charge in [-0.3, -0.25) is 14.7 Å². The Morgan fingerprint density at radius 1 is 1.22 bits per heavy atom. The van der Waals surface area contributed by atoms with Crippen LogP contribution in [0.2, 0.25) is 0 Å². The number of furan rings is 1. The number of aliphatic imine (C=N–C) groups is 1. The molecule has 1 aliphatic rings. The summed E-state index contributed by atoms with van der Waals surface area (Å²) in [6.07, 6.45) is 1.49. The Labute approximate surface area is 178 Å². The summed E-state index contributed by atoms with van der Waals surface area (Å²) < 4.78 is 10.5. The van der Waals surface area contributed by atoms with E-state index >= 15 is 0 Å². The summed E-state index contributed by atoms with van der Waals surface area (Å²) in [5.74, 6) is 0.853. The number of hydrogen-bond donors (Lipinski definition) is 3. The standard InChI is InChI=1S/C18H31N5O3.HI/c1-4-19-17(21-8-7-20-16(24)15-6-5-11-26-15)22-14-18(2,3)23-9-12-25-13-10-23;/h5-6,11H,4,7-10,12-14H2,1-3H3,(H,20,24)(H2,19,21,22);1H. The van der Waals surface area contributed by atoms with Gasteiger partial charge in [0.25, 0.3) is 5.91 Å². The van der Waals surface area contributed by atoms with Crippen molar-refractivity contribution >= 4 is 35.8 Å². The van der Waals surface area contributed by atoms with Gasteiger partial charge in [-0.1, -0.05) is 0 Å². The fraction of sp³-hybridized carbons (Fsp3) is 0.667. The second kappa shape index (κ2) is 12.2. The SMILES string of the molecule is CCNC(=NCC(C)(C)N1CCOCC1)NCCNC(=O)c1ccco1.I. The zero-order valence-corrected chi connectivity index (χ0v) is 18.7. The number of rotatable bonds is 8. The summed E-state index contributed by atoms with van der Waals surface area (Å²) in [4.78, 5) is 18.9. The molecule has 1 fully saturated rings. The van der Waals surface area contributed by atoms with Crippen molar-refractivity contribution in [1.29, 1.82) is 0 Å². The first kappa shape index (κ1) is 23.7. The lowest BCUT2D eigenvalue weighted by atomic mass is 10.0. The smallest absolute Gasteiger partial charge is 0.287 e. The molecule has 3 N–H and O–H groups in total.